The van der Waals surface area contributed by atoms with Crippen LogP contribution in [0.5, 0.6) is 0 Å². The number of nitrogens with zero attached hydrogens (tertiary/aromatic N) is 4. The fourth-order valence-corrected chi connectivity index (χ4v) is 7.73. The Hall–Kier alpha value is -5.73. The Morgan fingerprint density at radius 1 is 0.923 bits per heavy atom. The van der Waals surface area contributed by atoms with Crippen molar-refractivity contribution in [2.45, 2.75) is 69.6 Å². The molecule has 15 nitrogen and oxygen atoms in total. The van der Waals surface area contributed by atoms with Crippen molar-refractivity contribution in [1.82, 2.24) is 26.2 Å². The second-order valence-corrected chi connectivity index (χ2v) is 16.0. The van der Waals surface area contributed by atoms with E-state index in [1.165, 1.54) is 6.20 Å². The zero-order valence-corrected chi connectivity index (χ0v) is 38.6. The van der Waals surface area contributed by atoms with Gasteiger partial charge in [-0.1, -0.05) is 47.7 Å². The summed E-state index contributed by atoms with van der Waals surface area (Å²) in [5.74, 6) is 6.39. The SMILES string of the molecule is CNCCN(CCNC1CCC(NCCCOCC#Cc2cccc(C=O)c2CN(C)C(CCC=O)C(=O)NC)CC1)c1ccc(\N=C(Nc2ccccc2C=O)/C(Cl)=C\N=C\N)cc1. The first-order valence-corrected chi connectivity index (χ1v) is 22.6. The molecule has 4 rings (SSSR count). The quantitative estimate of drug-likeness (QED) is 0.0197. The summed E-state index contributed by atoms with van der Waals surface area (Å²) in [4.78, 5) is 59.9. The van der Waals surface area contributed by atoms with E-state index in [1.54, 1.807) is 44.4 Å². The molecule has 1 saturated carbocycles. The zero-order valence-electron chi connectivity index (χ0n) is 37.9. The maximum Gasteiger partial charge on any atom is 0.237 e. The van der Waals surface area contributed by atoms with Crippen LogP contribution >= 0.6 is 11.6 Å². The summed E-state index contributed by atoms with van der Waals surface area (Å²) < 4.78 is 5.83. The van der Waals surface area contributed by atoms with Crippen LogP contribution in [0.1, 0.15) is 76.8 Å². The number of amides is 1. The number of carbonyl (C=O) groups is 4. The number of amidine groups is 1. The molecule has 0 aromatic heterocycles. The van der Waals surface area contributed by atoms with Crippen molar-refractivity contribution in [3.8, 4) is 11.8 Å². The van der Waals surface area contributed by atoms with Gasteiger partial charge in [-0.15, -0.1) is 0 Å². The predicted octanol–water partition coefficient (Wildman–Crippen LogP) is 5.02. The number of anilines is 2. The summed E-state index contributed by atoms with van der Waals surface area (Å²) in [6.07, 6.45) is 10.9. The van der Waals surface area contributed by atoms with Crippen LogP contribution in [0.2, 0.25) is 0 Å². The standard InChI is InChI=1S/C49H65ClN10O5/c1-52-25-27-60(43-22-20-42(21-23-43)57-48(45(50)32-54-36-51)58-46-14-5-4-10-39(46)35-63)28-26-56-41-18-16-40(17-19-41)55-24-9-31-65-30-8-13-37-11-6-12-38(34-62)44(37)33-59(3)47(15-7-29-61)49(64)53-2/h4-6,10-12,14,20-23,29,32,34-36,40-41,47,52,55-56H,7,9,15-19,24-28,30-31,33H2,1-3H3,(H2,51,54)(H,53,64)(H,57,58)/b45-32+. The lowest BCUT2D eigenvalue weighted by Crippen LogP contribution is -2.43. The largest absolute Gasteiger partial charge is 0.390 e. The minimum absolute atomic E-state index is 0.182. The number of aldehydes is 3. The molecule has 1 unspecified atom stereocenters. The van der Waals surface area contributed by atoms with Crippen LogP contribution in [0.25, 0.3) is 0 Å². The van der Waals surface area contributed by atoms with Gasteiger partial charge in [0.15, 0.2) is 12.1 Å². The first kappa shape index (κ1) is 51.9. The fourth-order valence-electron chi connectivity index (χ4n) is 7.59. The van der Waals surface area contributed by atoms with E-state index in [1.807, 2.05) is 36.2 Å². The summed E-state index contributed by atoms with van der Waals surface area (Å²) in [6.45, 7) is 5.44. The van der Waals surface area contributed by atoms with Gasteiger partial charge in [-0.3, -0.25) is 19.3 Å². The average molecular weight is 910 g/mol. The highest BCUT2D eigenvalue weighted by molar-refractivity contribution is 6.45. The van der Waals surface area contributed by atoms with Crippen molar-refractivity contribution in [3.63, 3.8) is 0 Å². The molecular weight excluding hydrogens is 844 g/mol. The van der Waals surface area contributed by atoms with E-state index in [0.29, 0.717) is 65.6 Å². The molecule has 1 atom stereocenters. The maximum atomic E-state index is 12.5. The molecule has 0 radical (unpaired) electrons. The van der Waals surface area contributed by atoms with Crippen molar-refractivity contribution < 1.29 is 23.9 Å². The lowest BCUT2D eigenvalue weighted by atomic mass is 9.91. The van der Waals surface area contributed by atoms with Crippen LogP contribution in [0, 0.1) is 11.8 Å². The van der Waals surface area contributed by atoms with Gasteiger partial charge in [-0.2, -0.15) is 0 Å². The van der Waals surface area contributed by atoms with Gasteiger partial charge in [0.1, 0.15) is 24.2 Å². The lowest BCUT2D eigenvalue weighted by molar-refractivity contribution is -0.126. The van der Waals surface area contributed by atoms with Crippen molar-refractivity contribution in [3.05, 3.63) is 100 Å². The molecule has 0 spiro atoms. The molecule has 65 heavy (non-hydrogen) atoms. The number of aliphatic imine (C=N–C) groups is 2. The number of halogens is 1. The molecule has 7 N–H and O–H groups in total. The molecule has 1 aliphatic carbocycles. The molecule has 0 saturated heterocycles. The number of likely N-dealkylation sites (N-methyl/N-ethyl adjacent to an activating group) is 3. The minimum atomic E-state index is -0.510. The highest BCUT2D eigenvalue weighted by atomic mass is 35.5. The number of rotatable bonds is 27. The second-order valence-electron chi connectivity index (χ2n) is 15.6. The lowest BCUT2D eigenvalue weighted by Gasteiger charge is -2.31. The molecule has 0 heterocycles. The number of hydrogen-bond donors (Lipinski definition) is 6. The summed E-state index contributed by atoms with van der Waals surface area (Å²) in [5, 5.41) is 16.8. The molecule has 0 aliphatic heterocycles. The molecule has 3 aromatic rings. The molecule has 1 amide bonds. The number of para-hydroxylation sites is 1. The van der Waals surface area contributed by atoms with Crippen LogP contribution in [-0.4, -0.2) is 127 Å². The molecule has 1 aliphatic rings. The summed E-state index contributed by atoms with van der Waals surface area (Å²) in [6, 6.07) is 20.9. The monoisotopic (exact) mass is 908 g/mol. The van der Waals surface area contributed by atoms with Crippen LogP contribution in [0.15, 0.2) is 87.9 Å². The Labute approximate surface area is 389 Å². The Balaban J connectivity index is 1.19. The predicted molar refractivity (Wildman–Crippen MR) is 263 cm³/mol. The normalized spacial score (nSPS) is 15.8. The zero-order chi connectivity index (χ0) is 46.7. The third-order valence-electron chi connectivity index (χ3n) is 11.2. The molecule has 16 heteroatoms. The Morgan fingerprint density at radius 3 is 2.29 bits per heavy atom. The van der Waals surface area contributed by atoms with Crippen LogP contribution in [0.4, 0.5) is 17.1 Å². The van der Waals surface area contributed by atoms with E-state index in [0.717, 1.165) is 101 Å². The molecule has 0 bridgehead atoms. The smallest absolute Gasteiger partial charge is 0.237 e. The third kappa shape index (κ3) is 17.6. The second kappa shape index (κ2) is 29.7. The topological polar surface area (TPSA) is 195 Å². The van der Waals surface area contributed by atoms with Crippen molar-refractivity contribution in [1.29, 1.82) is 0 Å². The summed E-state index contributed by atoms with van der Waals surface area (Å²) in [7, 11) is 5.33. The number of nitrogens with one attached hydrogen (secondary N) is 5. The number of ether oxygens (including phenoxy) is 1. The molecule has 348 valence electrons. The highest BCUT2D eigenvalue weighted by Gasteiger charge is 2.24. The van der Waals surface area contributed by atoms with E-state index in [9.17, 15) is 19.2 Å². The van der Waals surface area contributed by atoms with Gasteiger partial charge in [0.05, 0.1) is 30.0 Å². The van der Waals surface area contributed by atoms with E-state index in [2.05, 4.69) is 60.4 Å². The van der Waals surface area contributed by atoms with E-state index in [-0.39, 0.29) is 24.0 Å². The third-order valence-corrected chi connectivity index (χ3v) is 11.4. The Morgan fingerprint density at radius 2 is 1.62 bits per heavy atom. The van der Waals surface area contributed by atoms with Crippen LogP contribution < -0.4 is 37.2 Å². The van der Waals surface area contributed by atoms with Crippen LogP contribution in [-0.2, 0) is 20.9 Å². The fraction of sp³-hybridized carbons (Fsp3) is 0.429. The minimum Gasteiger partial charge on any atom is -0.390 e. The van der Waals surface area contributed by atoms with Crippen molar-refractivity contribution in [2.75, 3.05) is 77.3 Å². The van der Waals surface area contributed by atoms with Gasteiger partial charge in [0.25, 0.3) is 0 Å². The van der Waals surface area contributed by atoms with Gasteiger partial charge >= 0.3 is 0 Å². The van der Waals surface area contributed by atoms with Gasteiger partial charge in [0.2, 0.25) is 5.91 Å². The first-order chi connectivity index (χ1) is 31.7. The van der Waals surface area contributed by atoms with Crippen molar-refractivity contribution in [2.24, 2.45) is 15.7 Å². The van der Waals surface area contributed by atoms with Crippen LogP contribution in [0.3, 0.4) is 0 Å². The maximum absolute atomic E-state index is 12.5. The Kier molecular flexibility index (Phi) is 23.7. The van der Waals surface area contributed by atoms with Gasteiger partial charge < -0.3 is 46.7 Å². The van der Waals surface area contributed by atoms with Crippen molar-refractivity contribution >= 4 is 65.6 Å². The summed E-state index contributed by atoms with van der Waals surface area (Å²) in [5.41, 5.74) is 10.2. The highest BCUT2D eigenvalue weighted by Crippen LogP contribution is 2.24. The summed E-state index contributed by atoms with van der Waals surface area (Å²) >= 11 is 6.55. The average Bonchev–Trinajstić information content (AvgIpc) is 3.33. The molecular formula is C49H65ClN10O5. The Bertz CT molecular complexity index is 2110. The molecule has 3 aromatic carbocycles. The van der Waals surface area contributed by atoms with E-state index in [4.69, 9.17) is 27.1 Å². The van der Waals surface area contributed by atoms with E-state index >= 15 is 0 Å². The number of nitrogens with two attached hydrogens (primary N) is 1. The van der Waals surface area contributed by atoms with Gasteiger partial charge in [0, 0.05) is 87.3 Å². The number of hydrogen-bond acceptors (Lipinski definition) is 12. The van der Waals surface area contributed by atoms with Gasteiger partial charge in [-0.05, 0) is 107 Å². The number of carbonyl (C=O) groups excluding carboxylic acids is 4. The molecule has 1 fully saturated rings. The number of benzene rings is 3. The van der Waals surface area contributed by atoms with Gasteiger partial charge in [-0.25, -0.2) is 9.98 Å². The van der Waals surface area contributed by atoms with E-state index < -0.39 is 6.04 Å². The first-order valence-electron chi connectivity index (χ1n) is 22.2.